The smallest absolute Gasteiger partial charge is 0.247 e. The fraction of sp³-hybridized carbons (Fsp3) is 0.520. The molecule has 2 aliphatic carbocycles. The number of carbonyl (C=O) groups is 2. The molecule has 2 aliphatic rings. The van der Waals surface area contributed by atoms with Gasteiger partial charge in [-0.15, -0.1) is 11.3 Å². The first-order valence-electron chi connectivity index (χ1n) is 11.5. The number of nitrogens with zero attached hydrogens (tertiary/aromatic N) is 1. The lowest BCUT2D eigenvalue weighted by atomic mass is 10.0. The van der Waals surface area contributed by atoms with E-state index in [2.05, 4.69) is 5.32 Å². The van der Waals surface area contributed by atoms with Crippen LogP contribution in [0.3, 0.4) is 0 Å². The molecule has 1 aromatic carbocycles. The van der Waals surface area contributed by atoms with Crippen LogP contribution in [-0.4, -0.2) is 50.1 Å². The topological polar surface area (TPSA) is 77.1 Å². The van der Waals surface area contributed by atoms with Crippen molar-refractivity contribution >= 4 is 23.2 Å². The van der Waals surface area contributed by atoms with Crippen molar-refractivity contribution in [3.05, 3.63) is 40.1 Å². The van der Waals surface area contributed by atoms with Crippen molar-refractivity contribution in [2.45, 2.75) is 63.1 Å². The van der Waals surface area contributed by atoms with Gasteiger partial charge in [0.1, 0.15) is 6.04 Å². The first-order valence-corrected chi connectivity index (χ1v) is 12.4. The van der Waals surface area contributed by atoms with Gasteiger partial charge in [-0.05, 0) is 54.8 Å². The van der Waals surface area contributed by atoms with Gasteiger partial charge in [-0.3, -0.25) is 9.59 Å². The maximum atomic E-state index is 13.7. The summed E-state index contributed by atoms with van der Waals surface area (Å²) in [4.78, 5) is 30.0. The van der Waals surface area contributed by atoms with E-state index in [0.717, 1.165) is 43.4 Å². The zero-order chi connectivity index (χ0) is 23.4. The van der Waals surface area contributed by atoms with Crippen LogP contribution in [0.2, 0.25) is 0 Å². The summed E-state index contributed by atoms with van der Waals surface area (Å²) < 4.78 is 16.6. The minimum atomic E-state index is -0.765. The number of carbonyl (C=O) groups excluding carboxylic acids is 2. The summed E-state index contributed by atoms with van der Waals surface area (Å²) in [5, 5.41) is 5.18. The van der Waals surface area contributed by atoms with E-state index in [1.165, 1.54) is 0 Å². The Hall–Kier alpha value is -2.74. The van der Waals surface area contributed by atoms with Crippen LogP contribution in [0.15, 0.2) is 29.6 Å². The number of thiophene rings is 1. The molecule has 7 nitrogen and oxygen atoms in total. The molecule has 4 rings (SSSR count). The van der Waals surface area contributed by atoms with Crippen LogP contribution < -0.4 is 19.5 Å². The lowest BCUT2D eigenvalue weighted by molar-refractivity contribution is -0.141. The van der Waals surface area contributed by atoms with E-state index < -0.39 is 6.04 Å². The molecule has 178 valence electrons. The molecule has 2 amide bonds. The monoisotopic (exact) mass is 472 g/mol. The molecular formula is C25H32N2O5S. The van der Waals surface area contributed by atoms with Crippen molar-refractivity contribution in [1.29, 1.82) is 0 Å². The van der Waals surface area contributed by atoms with E-state index in [1.54, 1.807) is 49.7 Å². The van der Waals surface area contributed by atoms with E-state index in [-0.39, 0.29) is 30.3 Å². The molecule has 0 bridgehead atoms. The van der Waals surface area contributed by atoms with Gasteiger partial charge in [-0.1, -0.05) is 18.9 Å². The third-order valence-electron chi connectivity index (χ3n) is 6.36. The maximum absolute atomic E-state index is 13.7. The Morgan fingerprint density at radius 2 is 1.73 bits per heavy atom. The highest BCUT2D eigenvalue weighted by molar-refractivity contribution is 7.10. The van der Waals surface area contributed by atoms with Gasteiger partial charge in [-0.2, -0.15) is 0 Å². The number of benzene rings is 1. The third kappa shape index (κ3) is 5.27. The van der Waals surface area contributed by atoms with Gasteiger partial charge >= 0.3 is 0 Å². The van der Waals surface area contributed by atoms with Gasteiger partial charge in [0.15, 0.2) is 11.5 Å². The van der Waals surface area contributed by atoms with Crippen LogP contribution >= 0.6 is 11.3 Å². The third-order valence-corrected chi connectivity index (χ3v) is 7.24. The lowest BCUT2D eigenvalue weighted by Crippen LogP contribution is -2.47. The molecule has 2 fully saturated rings. The Morgan fingerprint density at radius 1 is 1.06 bits per heavy atom. The molecule has 0 unspecified atom stereocenters. The predicted octanol–water partition coefficient (Wildman–Crippen LogP) is 4.11. The molecule has 8 heteroatoms. The molecule has 33 heavy (non-hydrogen) atoms. The van der Waals surface area contributed by atoms with Crippen molar-refractivity contribution < 1.29 is 23.8 Å². The first kappa shape index (κ1) is 23.4. The Labute approximate surface area is 199 Å². The van der Waals surface area contributed by atoms with Gasteiger partial charge in [0.2, 0.25) is 17.6 Å². The van der Waals surface area contributed by atoms with Gasteiger partial charge in [0, 0.05) is 17.0 Å². The SMILES string of the molecule is COc1cc([C@@H](C(=O)NC2CCCC2)N(C(=O)Cc2cccs2)C2CC2)cc(OC)c1OC. The Kier molecular flexibility index (Phi) is 7.42. The molecule has 1 N–H and O–H groups in total. The van der Waals surface area contributed by atoms with E-state index in [1.807, 2.05) is 17.5 Å². The van der Waals surface area contributed by atoms with Crippen LogP contribution in [0.1, 0.15) is 55.0 Å². The fourth-order valence-corrected chi connectivity index (χ4v) is 5.31. The van der Waals surface area contributed by atoms with Crippen LogP contribution in [0, 0.1) is 0 Å². The second-order valence-corrected chi connectivity index (χ2v) is 9.67. The number of hydrogen-bond donors (Lipinski definition) is 1. The molecule has 1 atom stereocenters. The van der Waals surface area contributed by atoms with E-state index in [0.29, 0.717) is 22.8 Å². The predicted molar refractivity (Wildman–Crippen MR) is 127 cm³/mol. The van der Waals surface area contributed by atoms with Crippen LogP contribution in [0.4, 0.5) is 0 Å². The molecule has 2 saturated carbocycles. The van der Waals surface area contributed by atoms with Gasteiger partial charge in [-0.25, -0.2) is 0 Å². The highest BCUT2D eigenvalue weighted by Gasteiger charge is 2.42. The quantitative estimate of drug-likeness (QED) is 0.563. The van der Waals surface area contributed by atoms with E-state index >= 15 is 0 Å². The zero-order valence-corrected chi connectivity index (χ0v) is 20.3. The summed E-state index contributed by atoms with van der Waals surface area (Å²) >= 11 is 1.56. The van der Waals surface area contributed by atoms with E-state index in [9.17, 15) is 9.59 Å². The highest BCUT2D eigenvalue weighted by Crippen LogP contribution is 2.43. The second-order valence-electron chi connectivity index (χ2n) is 8.64. The van der Waals surface area contributed by atoms with Crippen molar-refractivity contribution in [1.82, 2.24) is 10.2 Å². The van der Waals surface area contributed by atoms with Crippen LogP contribution in [0.25, 0.3) is 0 Å². The number of methoxy groups -OCH3 is 3. The summed E-state index contributed by atoms with van der Waals surface area (Å²) in [6, 6.07) is 6.91. The average Bonchev–Trinajstić information content (AvgIpc) is 3.27. The zero-order valence-electron chi connectivity index (χ0n) is 19.5. The van der Waals surface area contributed by atoms with Crippen molar-refractivity contribution in [2.75, 3.05) is 21.3 Å². The van der Waals surface area contributed by atoms with Gasteiger partial charge in [0.05, 0.1) is 27.8 Å². The minimum absolute atomic E-state index is 0.0414. The highest BCUT2D eigenvalue weighted by atomic mass is 32.1. The molecule has 2 aromatic rings. The Balaban J connectivity index is 1.73. The second kappa shape index (κ2) is 10.5. The Bertz CT molecular complexity index is 942. The van der Waals surface area contributed by atoms with Crippen LogP contribution in [-0.2, 0) is 16.0 Å². The van der Waals surface area contributed by atoms with Crippen molar-refractivity contribution in [2.24, 2.45) is 0 Å². The molecule has 0 spiro atoms. The molecule has 0 aliphatic heterocycles. The number of hydrogen-bond acceptors (Lipinski definition) is 6. The molecule has 1 heterocycles. The number of ether oxygens (including phenoxy) is 3. The first-order chi connectivity index (χ1) is 16.0. The lowest BCUT2D eigenvalue weighted by Gasteiger charge is -2.33. The summed E-state index contributed by atoms with van der Waals surface area (Å²) in [6.45, 7) is 0. The van der Waals surface area contributed by atoms with Crippen molar-refractivity contribution in [3.8, 4) is 17.2 Å². The van der Waals surface area contributed by atoms with Crippen LogP contribution in [0.5, 0.6) is 17.2 Å². The summed E-state index contributed by atoms with van der Waals surface area (Å²) in [5.74, 6) is 1.20. The summed E-state index contributed by atoms with van der Waals surface area (Å²) in [5.41, 5.74) is 0.659. The van der Waals surface area contributed by atoms with Gasteiger partial charge < -0.3 is 24.4 Å². The normalized spacial score (nSPS) is 16.8. The van der Waals surface area contributed by atoms with Gasteiger partial charge in [0.25, 0.3) is 0 Å². The van der Waals surface area contributed by atoms with Crippen molar-refractivity contribution in [3.63, 3.8) is 0 Å². The maximum Gasteiger partial charge on any atom is 0.247 e. The summed E-state index contributed by atoms with van der Waals surface area (Å²) in [7, 11) is 4.65. The number of amides is 2. The molecule has 0 saturated heterocycles. The molecule has 0 radical (unpaired) electrons. The minimum Gasteiger partial charge on any atom is -0.493 e. The number of nitrogens with one attached hydrogen (secondary N) is 1. The average molecular weight is 473 g/mol. The van der Waals surface area contributed by atoms with E-state index in [4.69, 9.17) is 14.2 Å². The molecule has 1 aromatic heterocycles. The Morgan fingerprint density at radius 3 is 2.24 bits per heavy atom. The summed E-state index contributed by atoms with van der Waals surface area (Å²) in [6.07, 6.45) is 6.25. The fourth-order valence-electron chi connectivity index (χ4n) is 4.61. The standard InChI is InChI=1S/C25H32N2O5S/c1-30-20-13-16(14-21(31-2)24(20)32-3)23(25(29)26-17-7-4-5-8-17)27(18-10-11-18)22(28)15-19-9-6-12-33-19/h6,9,12-14,17-18,23H,4-5,7-8,10-11,15H2,1-3H3,(H,26,29)/t23-/m0/s1. The largest absolute Gasteiger partial charge is 0.493 e. The molecular weight excluding hydrogens is 440 g/mol. The number of rotatable bonds is 10.